The minimum Gasteiger partial charge on any atom is -0.481 e. The Morgan fingerprint density at radius 2 is 1.89 bits per heavy atom. The van der Waals surface area contributed by atoms with Gasteiger partial charge < -0.3 is 9.84 Å². The minimum absolute atomic E-state index is 0.157. The van der Waals surface area contributed by atoms with Crippen molar-refractivity contribution in [2.75, 3.05) is 7.11 Å². The lowest BCUT2D eigenvalue weighted by atomic mass is 10.1. The van der Waals surface area contributed by atoms with Crippen LogP contribution in [0.5, 0.6) is 5.88 Å². The van der Waals surface area contributed by atoms with Crippen molar-refractivity contribution in [3.05, 3.63) is 59.3 Å². The van der Waals surface area contributed by atoms with E-state index < -0.39 is 17.7 Å². The van der Waals surface area contributed by atoms with Crippen LogP contribution in [0.15, 0.2) is 36.4 Å². The fourth-order valence-corrected chi connectivity index (χ4v) is 1.59. The number of aliphatic hydroxyl groups excluding tert-OH is 1. The van der Waals surface area contributed by atoms with Crippen LogP contribution in [0.25, 0.3) is 0 Å². The van der Waals surface area contributed by atoms with Crippen molar-refractivity contribution in [2.45, 2.75) is 6.10 Å². The van der Waals surface area contributed by atoms with E-state index in [1.54, 1.807) is 12.1 Å². The molecule has 3 nitrogen and oxygen atoms in total. The summed E-state index contributed by atoms with van der Waals surface area (Å²) in [6, 6.07) is 8.35. The summed E-state index contributed by atoms with van der Waals surface area (Å²) in [5, 5.41) is 9.99. The molecule has 0 aliphatic heterocycles. The molecule has 0 fully saturated rings. The molecule has 0 radical (unpaired) electrons. The van der Waals surface area contributed by atoms with Crippen LogP contribution < -0.4 is 4.74 Å². The number of halogens is 2. The molecule has 94 valence electrons. The Morgan fingerprint density at radius 3 is 2.61 bits per heavy atom. The molecule has 1 aromatic carbocycles. The Bertz CT molecular complexity index is 560. The molecule has 0 bridgehead atoms. The molecule has 5 heteroatoms. The monoisotopic (exact) mass is 251 g/mol. The number of aromatic nitrogens is 1. The van der Waals surface area contributed by atoms with E-state index in [4.69, 9.17) is 4.74 Å². The quantitative estimate of drug-likeness (QED) is 0.911. The summed E-state index contributed by atoms with van der Waals surface area (Å²) in [6.07, 6.45) is -1.34. The van der Waals surface area contributed by atoms with Gasteiger partial charge in [0.1, 0.15) is 6.10 Å². The highest BCUT2D eigenvalue weighted by Gasteiger charge is 2.18. The Kier molecular flexibility index (Phi) is 3.53. The molecule has 0 amide bonds. The molecule has 1 aromatic heterocycles. The minimum atomic E-state index is -1.34. The normalized spacial score (nSPS) is 12.2. The van der Waals surface area contributed by atoms with Gasteiger partial charge in [0.25, 0.3) is 0 Å². The van der Waals surface area contributed by atoms with Crippen LogP contribution in [0.1, 0.15) is 17.4 Å². The van der Waals surface area contributed by atoms with Crippen molar-refractivity contribution in [1.82, 2.24) is 4.98 Å². The number of aliphatic hydroxyl groups is 1. The van der Waals surface area contributed by atoms with E-state index in [-0.39, 0.29) is 11.3 Å². The molecule has 18 heavy (non-hydrogen) atoms. The van der Waals surface area contributed by atoms with Gasteiger partial charge in [-0.2, -0.15) is 0 Å². The molecule has 2 aromatic rings. The van der Waals surface area contributed by atoms with Crippen molar-refractivity contribution in [2.24, 2.45) is 0 Å². The van der Waals surface area contributed by atoms with Gasteiger partial charge in [0, 0.05) is 11.6 Å². The van der Waals surface area contributed by atoms with E-state index >= 15 is 0 Å². The third-order valence-corrected chi connectivity index (χ3v) is 2.51. The lowest BCUT2D eigenvalue weighted by Crippen LogP contribution is -2.06. The highest BCUT2D eigenvalue weighted by molar-refractivity contribution is 5.29. The van der Waals surface area contributed by atoms with Gasteiger partial charge in [-0.3, -0.25) is 0 Å². The number of rotatable bonds is 3. The standard InChI is InChI=1S/C13H11F2NO2/c1-18-11-7-3-6-10(16-11)13(17)8-4-2-5-9(14)12(8)15/h2-7,13,17H,1H3. The van der Waals surface area contributed by atoms with E-state index in [0.717, 1.165) is 6.07 Å². The van der Waals surface area contributed by atoms with Crippen molar-refractivity contribution in [1.29, 1.82) is 0 Å². The third-order valence-electron chi connectivity index (χ3n) is 2.51. The molecular formula is C13H11F2NO2. The fourth-order valence-electron chi connectivity index (χ4n) is 1.59. The van der Waals surface area contributed by atoms with Crippen molar-refractivity contribution >= 4 is 0 Å². The van der Waals surface area contributed by atoms with Crippen LogP contribution in [-0.4, -0.2) is 17.2 Å². The predicted octanol–water partition coefficient (Wildman–Crippen LogP) is 2.45. The molecule has 1 atom stereocenters. The number of hydrogen-bond donors (Lipinski definition) is 1. The van der Waals surface area contributed by atoms with E-state index in [1.807, 2.05) is 0 Å². The smallest absolute Gasteiger partial charge is 0.213 e. The first-order valence-electron chi connectivity index (χ1n) is 5.26. The highest BCUT2D eigenvalue weighted by atomic mass is 19.2. The second-order valence-corrected chi connectivity index (χ2v) is 3.65. The van der Waals surface area contributed by atoms with Crippen molar-refractivity contribution < 1.29 is 18.6 Å². The zero-order valence-corrected chi connectivity index (χ0v) is 9.60. The van der Waals surface area contributed by atoms with Crippen molar-refractivity contribution in [3.63, 3.8) is 0 Å². The summed E-state index contributed by atoms with van der Waals surface area (Å²) >= 11 is 0. The SMILES string of the molecule is COc1cccc(C(O)c2cccc(F)c2F)n1. The van der Waals surface area contributed by atoms with Crippen LogP contribution in [0.3, 0.4) is 0 Å². The lowest BCUT2D eigenvalue weighted by molar-refractivity contribution is 0.207. The van der Waals surface area contributed by atoms with Gasteiger partial charge in [0.05, 0.1) is 12.8 Å². The van der Waals surface area contributed by atoms with Gasteiger partial charge in [0.2, 0.25) is 5.88 Å². The number of nitrogens with zero attached hydrogens (tertiary/aromatic N) is 1. The fraction of sp³-hybridized carbons (Fsp3) is 0.154. The number of benzene rings is 1. The number of ether oxygens (including phenoxy) is 1. The highest BCUT2D eigenvalue weighted by Crippen LogP contribution is 2.25. The second kappa shape index (κ2) is 5.10. The maximum absolute atomic E-state index is 13.5. The molecule has 0 aliphatic carbocycles. The van der Waals surface area contributed by atoms with Gasteiger partial charge in [-0.25, -0.2) is 13.8 Å². The summed E-state index contributed by atoms with van der Waals surface area (Å²) in [4.78, 5) is 3.98. The summed E-state index contributed by atoms with van der Waals surface area (Å²) in [5.41, 5.74) is 0.0367. The zero-order chi connectivity index (χ0) is 13.1. The second-order valence-electron chi connectivity index (χ2n) is 3.65. The first-order chi connectivity index (χ1) is 8.63. The third kappa shape index (κ3) is 2.31. The average molecular weight is 251 g/mol. The molecule has 0 saturated carbocycles. The van der Waals surface area contributed by atoms with E-state index in [9.17, 15) is 13.9 Å². The first kappa shape index (κ1) is 12.4. The predicted molar refractivity (Wildman–Crippen MR) is 61.2 cm³/mol. The van der Waals surface area contributed by atoms with Gasteiger partial charge >= 0.3 is 0 Å². The van der Waals surface area contributed by atoms with Crippen LogP contribution in [-0.2, 0) is 0 Å². The number of hydrogen-bond acceptors (Lipinski definition) is 3. The molecule has 0 aliphatic rings. The zero-order valence-electron chi connectivity index (χ0n) is 9.60. The number of pyridine rings is 1. The molecule has 1 unspecified atom stereocenters. The molecule has 2 rings (SSSR count). The Hall–Kier alpha value is -2.01. The summed E-state index contributed by atoms with van der Waals surface area (Å²) in [6.45, 7) is 0. The van der Waals surface area contributed by atoms with E-state index in [1.165, 1.54) is 25.3 Å². The Morgan fingerprint density at radius 1 is 1.17 bits per heavy atom. The van der Waals surface area contributed by atoms with Crippen LogP contribution in [0, 0.1) is 11.6 Å². The molecule has 0 spiro atoms. The Labute approximate surface area is 103 Å². The number of methoxy groups -OCH3 is 1. The topological polar surface area (TPSA) is 42.4 Å². The largest absolute Gasteiger partial charge is 0.481 e. The Balaban J connectivity index is 2.41. The molecule has 1 N–H and O–H groups in total. The summed E-state index contributed by atoms with van der Waals surface area (Å²) in [5.74, 6) is -1.78. The summed E-state index contributed by atoms with van der Waals surface area (Å²) in [7, 11) is 1.43. The van der Waals surface area contributed by atoms with E-state index in [0.29, 0.717) is 5.88 Å². The molecular weight excluding hydrogens is 240 g/mol. The van der Waals surface area contributed by atoms with Crippen LogP contribution in [0.4, 0.5) is 8.78 Å². The molecule has 0 saturated heterocycles. The first-order valence-corrected chi connectivity index (χ1v) is 5.26. The van der Waals surface area contributed by atoms with E-state index in [2.05, 4.69) is 4.98 Å². The summed E-state index contributed by atoms with van der Waals surface area (Å²) < 4.78 is 31.5. The average Bonchev–Trinajstić information content (AvgIpc) is 2.41. The van der Waals surface area contributed by atoms with Crippen LogP contribution in [0.2, 0.25) is 0 Å². The van der Waals surface area contributed by atoms with Gasteiger partial charge in [-0.1, -0.05) is 18.2 Å². The maximum atomic E-state index is 13.5. The molecule has 1 heterocycles. The lowest BCUT2D eigenvalue weighted by Gasteiger charge is -2.12. The van der Waals surface area contributed by atoms with Crippen molar-refractivity contribution in [3.8, 4) is 5.88 Å². The van der Waals surface area contributed by atoms with Gasteiger partial charge in [-0.15, -0.1) is 0 Å². The van der Waals surface area contributed by atoms with Gasteiger partial charge in [0.15, 0.2) is 11.6 Å². The van der Waals surface area contributed by atoms with Crippen LogP contribution >= 0.6 is 0 Å². The maximum Gasteiger partial charge on any atom is 0.213 e. The van der Waals surface area contributed by atoms with Gasteiger partial charge in [-0.05, 0) is 12.1 Å².